The molecule has 0 spiro atoms. The summed E-state index contributed by atoms with van der Waals surface area (Å²) >= 11 is 0. The van der Waals surface area contributed by atoms with E-state index in [4.69, 9.17) is 4.74 Å². The molecule has 0 amide bonds. The van der Waals surface area contributed by atoms with Crippen LogP contribution in [0.5, 0.6) is 0 Å². The molecule has 2 aromatic rings. The normalized spacial score (nSPS) is 16.9. The van der Waals surface area contributed by atoms with Gasteiger partial charge in [-0.05, 0) is 12.0 Å². The van der Waals surface area contributed by atoms with Gasteiger partial charge in [0.25, 0.3) is 0 Å². The molecule has 0 bridgehead atoms. The van der Waals surface area contributed by atoms with E-state index < -0.39 is 0 Å². The third kappa shape index (κ3) is 6.44. The number of aromatic nitrogens is 3. The van der Waals surface area contributed by atoms with Crippen molar-refractivity contribution in [1.82, 2.24) is 25.0 Å². The molecule has 1 aliphatic rings. The molecule has 1 aromatic heterocycles. The van der Waals surface area contributed by atoms with Crippen LogP contribution in [0, 0.1) is 5.92 Å². The second-order valence-electron chi connectivity index (χ2n) is 6.87. The quantitative estimate of drug-likeness (QED) is 0.345. The van der Waals surface area contributed by atoms with Gasteiger partial charge in [-0.3, -0.25) is 4.99 Å². The molecular weight excluding hydrogens is 467 g/mol. The van der Waals surface area contributed by atoms with E-state index >= 15 is 0 Å². The lowest BCUT2D eigenvalue weighted by Gasteiger charge is -2.22. The van der Waals surface area contributed by atoms with Crippen molar-refractivity contribution in [2.45, 2.75) is 32.9 Å². The van der Waals surface area contributed by atoms with Crippen LogP contribution >= 0.6 is 24.0 Å². The fourth-order valence-electron chi connectivity index (χ4n) is 3.44. The monoisotopic (exact) mass is 498 g/mol. The largest absolute Gasteiger partial charge is 0.376 e. The third-order valence-corrected chi connectivity index (χ3v) is 4.91. The average molecular weight is 498 g/mol. The van der Waals surface area contributed by atoms with Crippen molar-refractivity contribution >= 4 is 29.9 Å². The lowest BCUT2D eigenvalue weighted by atomic mass is 10.1. The minimum Gasteiger partial charge on any atom is -0.376 e. The Labute approximate surface area is 184 Å². The topological polar surface area (TPSA) is 67.6 Å². The van der Waals surface area contributed by atoms with Gasteiger partial charge in [0.05, 0.1) is 13.2 Å². The summed E-state index contributed by atoms with van der Waals surface area (Å²) in [4.78, 5) is 6.77. The molecule has 3 rings (SSSR count). The summed E-state index contributed by atoms with van der Waals surface area (Å²) in [5.74, 6) is 2.53. The second-order valence-corrected chi connectivity index (χ2v) is 6.87. The van der Waals surface area contributed by atoms with Gasteiger partial charge in [0.15, 0.2) is 5.96 Å². The molecule has 0 radical (unpaired) electrons. The first kappa shape index (κ1) is 22.6. The molecule has 1 fully saturated rings. The number of aliphatic imine (C=N–C) groups is 1. The third-order valence-electron chi connectivity index (χ3n) is 4.91. The van der Waals surface area contributed by atoms with Crippen molar-refractivity contribution in [2.24, 2.45) is 10.9 Å². The molecule has 1 aromatic carbocycles. The Morgan fingerprint density at radius 2 is 2.14 bits per heavy atom. The number of aryl methyl sites for hydroxylation is 1. The molecule has 1 saturated heterocycles. The highest BCUT2D eigenvalue weighted by Crippen LogP contribution is 2.17. The number of likely N-dealkylation sites (tertiary alicyclic amines) is 1. The van der Waals surface area contributed by atoms with E-state index in [0.717, 1.165) is 57.4 Å². The summed E-state index contributed by atoms with van der Waals surface area (Å²) in [5.41, 5.74) is 1.23. The number of hydrogen-bond donors (Lipinski definition) is 1. The van der Waals surface area contributed by atoms with Crippen molar-refractivity contribution in [3.63, 3.8) is 0 Å². The van der Waals surface area contributed by atoms with Gasteiger partial charge in [-0.25, -0.2) is 0 Å². The summed E-state index contributed by atoms with van der Waals surface area (Å²) in [6, 6.07) is 10.3. The lowest BCUT2D eigenvalue weighted by molar-refractivity contribution is 0.0907. The predicted octanol–water partition coefficient (Wildman–Crippen LogP) is 2.57. The highest BCUT2D eigenvalue weighted by molar-refractivity contribution is 14.0. The number of rotatable bonds is 8. The molecule has 8 heteroatoms. The fraction of sp³-hybridized carbons (Fsp3) is 0.550. The molecule has 154 valence electrons. The maximum atomic E-state index is 5.92. The van der Waals surface area contributed by atoms with Crippen LogP contribution in [0.4, 0.5) is 0 Å². The zero-order chi connectivity index (χ0) is 18.9. The van der Waals surface area contributed by atoms with Crippen LogP contribution in [0.1, 0.15) is 24.7 Å². The maximum Gasteiger partial charge on any atom is 0.193 e. The molecule has 7 nitrogen and oxygen atoms in total. The Kier molecular flexibility index (Phi) is 9.69. The SMILES string of the molecule is CCc1nncn1CCNC(=NC)N1CCC(COCc2ccccc2)C1.I. The van der Waals surface area contributed by atoms with Gasteiger partial charge in [-0.15, -0.1) is 34.2 Å². The first-order chi connectivity index (χ1) is 13.3. The number of nitrogens with one attached hydrogen (secondary N) is 1. The van der Waals surface area contributed by atoms with Crippen LogP contribution in [0.25, 0.3) is 0 Å². The number of nitrogens with zero attached hydrogens (tertiary/aromatic N) is 5. The van der Waals surface area contributed by atoms with Gasteiger partial charge in [0, 0.05) is 45.6 Å². The minimum absolute atomic E-state index is 0. The number of benzene rings is 1. The highest BCUT2D eigenvalue weighted by atomic mass is 127. The van der Waals surface area contributed by atoms with Crippen LogP contribution in [-0.4, -0.2) is 58.9 Å². The standard InChI is InChI=1S/C20H30N6O.HI/c1-3-19-24-23-16-26(19)12-10-22-20(21-2)25-11-9-18(13-25)15-27-14-17-7-5-4-6-8-17;/h4-8,16,18H,3,9-15H2,1-2H3,(H,21,22);1H. The Bertz CT molecular complexity index is 720. The Morgan fingerprint density at radius 1 is 1.32 bits per heavy atom. The second kappa shape index (κ2) is 12.0. The van der Waals surface area contributed by atoms with Gasteiger partial charge in [0.1, 0.15) is 12.2 Å². The van der Waals surface area contributed by atoms with Crippen LogP contribution < -0.4 is 5.32 Å². The molecule has 1 N–H and O–H groups in total. The number of guanidine groups is 1. The summed E-state index contributed by atoms with van der Waals surface area (Å²) in [6.07, 6.45) is 3.83. The molecule has 2 heterocycles. The average Bonchev–Trinajstić information content (AvgIpc) is 3.35. The molecule has 28 heavy (non-hydrogen) atoms. The van der Waals surface area contributed by atoms with E-state index in [1.165, 1.54) is 5.56 Å². The maximum absolute atomic E-state index is 5.92. The van der Waals surface area contributed by atoms with Crippen molar-refractivity contribution in [3.05, 3.63) is 48.0 Å². The van der Waals surface area contributed by atoms with Gasteiger partial charge < -0.3 is 19.5 Å². The van der Waals surface area contributed by atoms with Gasteiger partial charge in [-0.2, -0.15) is 0 Å². The van der Waals surface area contributed by atoms with Gasteiger partial charge in [-0.1, -0.05) is 37.3 Å². The van der Waals surface area contributed by atoms with E-state index in [1.807, 2.05) is 13.1 Å². The molecular formula is C20H31IN6O. The molecule has 1 aliphatic heterocycles. The fourth-order valence-corrected chi connectivity index (χ4v) is 3.44. The zero-order valence-corrected chi connectivity index (χ0v) is 19.1. The first-order valence-electron chi connectivity index (χ1n) is 9.74. The van der Waals surface area contributed by atoms with E-state index in [2.05, 4.69) is 61.2 Å². The summed E-state index contributed by atoms with van der Waals surface area (Å²) in [6.45, 7) is 7.23. The van der Waals surface area contributed by atoms with Crippen LogP contribution in [-0.2, 0) is 24.3 Å². The van der Waals surface area contributed by atoms with Crippen molar-refractivity contribution in [3.8, 4) is 0 Å². The lowest BCUT2D eigenvalue weighted by Crippen LogP contribution is -2.41. The smallest absolute Gasteiger partial charge is 0.193 e. The number of hydrogen-bond acceptors (Lipinski definition) is 4. The van der Waals surface area contributed by atoms with Crippen LogP contribution in [0.2, 0.25) is 0 Å². The van der Waals surface area contributed by atoms with E-state index in [0.29, 0.717) is 12.5 Å². The van der Waals surface area contributed by atoms with Crippen molar-refractivity contribution < 1.29 is 4.74 Å². The van der Waals surface area contributed by atoms with Crippen LogP contribution in [0.3, 0.4) is 0 Å². The minimum atomic E-state index is 0. The Balaban J connectivity index is 0.00000280. The summed E-state index contributed by atoms with van der Waals surface area (Å²) < 4.78 is 8.00. The number of ether oxygens (including phenoxy) is 1. The molecule has 1 atom stereocenters. The van der Waals surface area contributed by atoms with Gasteiger partial charge in [0.2, 0.25) is 0 Å². The van der Waals surface area contributed by atoms with Gasteiger partial charge >= 0.3 is 0 Å². The van der Waals surface area contributed by atoms with E-state index in [9.17, 15) is 0 Å². The molecule has 1 unspecified atom stereocenters. The Morgan fingerprint density at radius 3 is 2.89 bits per heavy atom. The Hall–Kier alpha value is -1.68. The summed E-state index contributed by atoms with van der Waals surface area (Å²) in [5, 5.41) is 11.6. The zero-order valence-electron chi connectivity index (χ0n) is 16.8. The summed E-state index contributed by atoms with van der Waals surface area (Å²) in [7, 11) is 1.85. The van der Waals surface area contributed by atoms with Crippen molar-refractivity contribution in [1.29, 1.82) is 0 Å². The molecule has 0 aliphatic carbocycles. The highest BCUT2D eigenvalue weighted by Gasteiger charge is 2.24. The number of halogens is 1. The van der Waals surface area contributed by atoms with Crippen molar-refractivity contribution in [2.75, 3.05) is 33.3 Å². The van der Waals surface area contributed by atoms with E-state index in [-0.39, 0.29) is 24.0 Å². The van der Waals surface area contributed by atoms with E-state index in [1.54, 1.807) is 6.33 Å². The van der Waals surface area contributed by atoms with Crippen LogP contribution in [0.15, 0.2) is 41.7 Å². The molecule has 0 saturated carbocycles. The predicted molar refractivity (Wildman–Crippen MR) is 122 cm³/mol. The first-order valence-corrected chi connectivity index (χ1v) is 9.74.